The molecule has 7 nitrogen and oxygen atoms in total. The monoisotopic (exact) mass is 403 g/mol. The molecule has 4 rings (SSSR count). The maximum absolute atomic E-state index is 12.5. The van der Waals surface area contributed by atoms with Gasteiger partial charge in [-0.15, -0.1) is 10.2 Å². The van der Waals surface area contributed by atoms with Crippen molar-refractivity contribution in [1.29, 1.82) is 0 Å². The summed E-state index contributed by atoms with van der Waals surface area (Å²) in [6.07, 6.45) is 4.84. The molecule has 8 heteroatoms. The van der Waals surface area contributed by atoms with Gasteiger partial charge in [0.05, 0.1) is 24.7 Å². The zero-order valence-electron chi connectivity index (χ0n) is 15.6. The Hall–Kier alpha value is -3.52. The van der Waals surface area contributed by atoms with Gasteiger partial charge in [0.1, 0.15) is 11.4 Å². The van der Waals surface area contributed by atoms with E-state index in [0.717, 1.165) is 11.4 Å². The highest BCUT2D eigenvalue weighted by Crippen LogP contribution is 2.28. The normalized spacial score (nSPS) is 10.7. The van der Waals surface area contributed by atoms with E-state index in [-0.39, 0.29) is 11.5 Å². The van der Waals surface area contributed by atoms with Crippen LogP contribution in [-0.2, 0) is 0 Å². The zero-order chi connectivity index (χ0) is 20.1. The van der Waals surface area contributed by atoms with E-state index in [1.54, 1.807) is 25.7 Å². The molecule has 144 valence electrons. The van der Waals surface area contributed by atoms with Crippen molar-refractivity contribution in [3.8, 4) is 23.0 Å². The van der Waals surface area contributed by atoms with Gasteiger partial charge in [-0.1, -0.05) is 42.1 Å². The van der Waals surface area contributed by atoms with Crippen LogP contribution in [0.15, 0.2) is 78.3 Å². The number of hydrogen-bond donors (Lipinski definition) is 0. The number of rotatable bonds is 7. The van der Waals surface area contributed by atoms with Gasteiger partial charge in [-0.05, 0) is 24.3 Å². The minimum atomic E-state index is 0.0286. The molecule has 2 aromatic carbocycles. The Labute approximate surface area is 171 Å². The summed E-state index contributed by atoms with van der Waals surface area (Å²) < 4.78 is 7.11. The third-order valence-corrected chi connectivity index (χ3v) is 5.11. The number of benzene rings is 2. The van der Waals surface area contributed by atoms with E-state index in [2.05, 4.69) is 20.2 Å². The molecule has 2 heterocycles. The average Bonchev–Trinajstić information content (AvgIpc) is 3.22. The molecule has 0 aliphatic rings. The van der Waals surface area contributed by atoms with E-state index in [0.29, 0.717) is 22.2 Å². The van der Waals surface area contributed by atoms with Gasteiger partial charge >= 0.3 is 0 Å². The molecule has 0 radical (unpaired) electrons. The van der Waals surface area contributed by atoms with Crippen LogP contribution >= 0.6 is 11.8 Å². The van der Waals surface area contributed by atoms with E-state index in [9.17, 15) is 4.79 Å². The van der Waals surface area contributed by atoms with Crippen LogP contribution in [-0.4, -0.2) is 43.4 Å². The Morgan fingerprint density at radius 3 is 2.52 bits per heavy atom. The number of thioether (sulfide) groups is 1. The van der Waals surface area contributed by atoms with Gasteiger partial charge in [0, 0.05) is 18.0 Å². The number of Topliss-reactive ketones (excluding diaryl/α,β-unsaturated/α-hetero) is 1. The van der Waals surface area contributed by atoms with Crippen molar-refractivity contribution < 1.29 is 9.53 Å². The number of carbonyl (C=O) groups excluding carboxylic acids is 1. The number of aromatic nitrogens is 5. The van der Waals surface area contributed by atoms with Crippen LogP contribution in [0.3, 0.4) is 0 Å². The first-order chi connectivity index (χ1) is 14.3. The first-order valence-electron chi connectivity index (χ1n) is 8.83. The molecule has 0 unspecified atom stereocenters. The molecule has 29 heavy (non-hydrogen) atoms. The summed E-state index contributed by atoms with van der Waals surface area (Å²) >= 11 is 1.33. The molecule has 0 amide bonds. The average molecular weight is 403 g/mol. The fourth-order valence-corrected chi connectivity index (χ4v) is 3.59. The Morgan fingerprint density at radius 1 is 1.03 bits per heavy atom. The predicted molar refractivity (Wildman–Crippen MR) is 110 cm³/mol. The summed E-state index contributed by atoms with van der Waals surface area (Å²) in [6.45, 7) is 0. The molecule has 0 saturated carbocycles. The Kier molecular flexibility index (Phi) is 5.62. The first kappa shape index (κ1) is 18.8. The smallest absolute Gasteiger partial charge is 0.196 e. The molecule has 0 spiro atoms. The van der Waals surface area contributed by atoms with Gasteiger partial charge in [-0.25, -0.2) is 4.98 Å². The number of methoxy groups -OCH3 is 1. The van der Waals surface area contributed by atoms with Crippen LogP contribution < -0.4 is 4.74 Å². The number of ether oxygens (including phenoxy) is 1. The summed E-state index contributed by atoms with van der Waals surface area (Å²) in [5, 5.41) is 9.20. The van der Waals surface area contributed by atoms with Crippen molar-refractivity contribution in [1.82, 2.24) is 24.7 Å². The van der Waals surface area contributed by atoms with Gasteiger partial charge in [-0.2, -0.15) is 0 Å². The lowest BCUT2D eigenvalue weighted by atomic mass is 10.2. The van der Waals surface area contributed by atoms with Crippen molar-refractivity contribution in [3.63, 3.8) is 0 Å². The fraction of sp³-hybridized carbons (Fsp3) is 0.0952. The summed E-state index contributed by atoms with van der Waals surface area (Å²) in [6, 6.07) is 16.7. The fourth-order valence-electron chi connectivity index (χ4n) is 2.75. The van der Waals surface area contributed by atoms with Crippen LogP contribution in [0.25, 0.3) is 17.2 Å². The van der Waals surface area contributed by atoms with Gasteiger partial charge in [0.2, 0.25) is 0 Å². The van der Waals surface area contributed by atoms with E-state index >= 15 is 0 Å². The van der Waals surface area contributed by atoms with E-state index in [1.807, 2.05) is 59.2 Å². The topological polar surface area (TPSA) is 82.8 Å². The van der Waals surface area contributed by atoms with Crippen LogP contribution in [0, 0.1) is 0 Å². The van der Waals surface area contributed by atoms with Crippen LogP contribution in [0.1, 0.15) is 10.4 Å². The second-order valence-electron chi connectivity index (χ2n) is 6.01. The van der Waals surface area contributed by atoms with Gasteiger partial charge in [0.15, 0.2) is 16.8 Å². The third-order valence-electron chi connectivity index (χ3n) is 4.18. The first-order valence-corrected chi connectivity index (χ1v) is 9.82. The zero-order valence-corrected chi connectivity index (χ0v) is 16.4. The van der Waals surface area contributed by atoms with Crippen LogP contribution in [0.5, 0.6) is 5.75 Å². The predicted octanol–water partition coefficient (Wildman–Crippen LogP) is 3.71. The minimum absolute atomic E-state index is 0.0286. The van der Waals surface area contributed by atoms with Gasteiger partial charge in [0.25, 0.3) is 0 Å². The molecular weight excluding hydrogens is 386 g/mol. The summed E-state index contributed by atoms with van der Waals surface area (Å²) in [4.78, 5) is 21.0. The minimum Gasteiger partial charge on any atom is -0.497 e. The lowest BCUT2D eigenvalue weighted by Crippen LogP contribution is -2.05. The second-order valence-corrected chi connectivity index (χ2v) is 6.95. The molecule has 0 N–H and O–H groups in total. The standard InChI is InChI=1S/C21H17N5O2S/c1-28-17-9-7-16(8-10-17)26-20(18-13-22-11-12-23-18)24-25-21(26)29-14-19(27)15-5-3-2-4-6-15/h2-13H,14H2,1H3. The quantitative estimate of drug-likeness (QED) is 0.344. The van der Waals surface area contributed by atoms with Crippen molar-refractivity contribution in [2.75, 3.05) is 12.9 Å². The maximum Gasteiger partial charge on any atom is 0.196 e. The van der Waals surface area contributed by atoms with Crippen molar-refractivity contribution >= 4 is 17.5 Å². The number of carbonyl (C=O) groups is 1. The molecular formula is C21H17N5O2S. The molecule has 0 saturated heterocycles. The maximum atomic E-state index is 12.5. The molecule has 0 aliphatic heterocycles. The molecule has 0 fully saturated rings. The summed E-state index contributed by atoms with van der Waals surface area (Å²) in [5.74, 6) is 1.58. The van der Waals surface area contributed by atoms with E-state index in [4.69, 9.17) is 4.74 Å². The van der Waals surface area contributed by atoms with Gasteiger partial charge in [-0.3, -0.25) is 14.3 Å². The highest BCUT2D eigenvalue weighted by molar-refractivity contribution is 7.99. The Morgan fingerprint density at radius 2 is 1.83 bits per heavy atom. The number of nitrogens with zero attached hydrogens (tertiary/aromatic N) is 5. The van der Waals surface area contributed by atoms with Crippen molar-refractivity contribution in [2.45, 2.75) is 5.16 Å². The van der Waals surface area contributed by atoms with Crippen LogP contribution in [0.4, 0.5) is 0 Å². The molecule has 4 aromatic rings. The summed E-state index contributed by atoms with van der Waals surface area (Å²) in [7, 11) is 1.62. The lowest BCUT2D eigenvalue weighted by Gasteiger charge is -2.10. The molecule has 0 bridgehead atoms. The highest BCUT2D eigenvalue weighted by atomic mass is 32.2. The Balaban J connectivity index is 1.68. The highest BCUT2D eigenvalue weighted by Gasteiger charge is 2.18. The van der Waals surface area contributed by atoms with Crippen LogP contribution in [0.2, 0.25) is 0 Å². The van der Waals surface area contributed by atoms with Crippen molar-refractivity contribution in [3.05, 3.63) is 78.8 Å². The second kappa shape index (κ2) is 8.66. The Bertz CT molecular complexity index is 1100. The van der Waals surface area contributed by atoms with E-state index in [1.165, 1.54) is 11.8 Å². The van der Waals surface area contributed by atoms with E-state index < -0.39 is 0 Å². The number of ketones is 1. The molecule has 0 aliphatic carbocycles. The lowest BCUT2D eigenvalue weighted by molar-refractivity contribution is 0.102. The third kappa shape index (κ3) is 4.17. The molecule has 2 aromatic heterocycles. The SMILES string of the molecule is COc1ccc(-n2c(SCC(=O)c3ccccc3)nnc2-c2cnccn2)cc1. The van der Waals surface area contributed by atoms with Crippen molar-refractivity contribution in [2.24, 2.45) is 0 Å². The molecule has 0 atom stereocenters. The number of hydrogen-bond acceptors (Lipinski definition) is 7. The van der Waals surface area contributed by atoms with Gasteiger partial charge < -0.3 is 4.74 Å². The summed E-state index contributed by atoms with van der Waals surface area (Å²) in [5.41, 5.74) is 2.10. The largest absolute Gasteiger partial charge is 0.497 e.